The van der Waals surface area contributed by atoms with E-state index in [1.807, 2.05) is 0 Å². The van der Waals surface area contributed by atoms with Crippen LogP contribution in [0.25, 0.3) is 0 Å². The molecule has 1 rings (SSSR count). The van der Waals surface area contributed by atoms with E-state index in [-0.39, 0.29) is 0 Å². The predicted octanol–water partition coefficient (Wildman–Crippen LogP) is 0.241. The zero-order chi connectivity index (χ0) is 4.62. The molecule has 0 aliphatic carbocycles. The van der Waals surface area contributed by atoms with E-state index in [2.05, 4.69) is 21.0 Å². The first kappa shape index (κ1) is 4.26. The van der Waals surface area contributed by atoms with Crippen LogP contribution in [0.5, 0.6) is 0 Å². The molecule has 1 heterocycles. The quantitative estimate of drug-likeness (QED) is 0.433. The fraction of sp³-hybridized carbons (Fsp3) is 0.500. The monoisotopic (exact) mass is 145 g/mol. The summed E-state index contributed by atoms with van der Waals surface area (Å²) in [6, 6.07) is 0. The summed E-state index contributed by atoms with van der Waals surface area (Å²) in [5, 5.41) is 7.13. The van der Waals surface area contributed by atoms with E-state index in [0.717, 1.165) is 5.33 Å². The first-order valence-corrected chi connectivity index (χ1v) is 7.53. The van der Waals surface area contributed by atoms with Gasteiger partial charge in [-0.05, 0) is 0 Å². The van der Waals surface area contributed by atoms with Gasteiger partial charge < -0.3 is 0 Å². The van der Waals surface area contributed by atoms with Crippen LogP contribution in [0.15, 0.2) is 4.99 Å². The molecule has 0 spiro atoms. The second kappa shape index (κ2) is 1.03. The summed E-state index contributed by atoms with van der Waals surface area (Å²) >= 11 is -1.27. The Morgan fingerprint density at radius 1 is 2.00 bits per heavy atom. The second-order valence-electron chi connectivity index (χ2n) is 1.92. The minimum atomic E-state index is -1.27. The van der Waals surface area contributed by atoms with Crippen molar-refractivity contribution in [1.82, 2.24) is 0 Å². The maximum atomic E-state index is 4.00. The molecule has 2 heteroatoms. The molecule has 0 radical (unpaired) electrons. The van der Waals surface area contributed by atoms with Gasteiger partial charge in [-0.1, -0.05) is 0 Å². The third-order valence-electron chi connectivity index (χ3n) is 0.765. The van der Waals surface area contributed by atoms with Crippen molar-refractivity contribution in [3.8, 4) is 0 Å². The van der Waals surface area contributed by atoms with E-state index in [1.54, 1.807) is 0 Å². The number of rotatable bonds is 0. The molecule has 0 aromatic carbocycles. The Hall–Kier alpha value is 0.0984. The third-order valence-corrected chi connectivity index (χ3v) is 3.98. The van der Waals surface area contributed by atoms with Gasteiger partial charge in [0, 0.05) is 0 Å². The van der Waals surface area contributed by atoms with E-state index in [0.29, 0.717) is 0 Å². The van der Waals surface area contributed by atoms with Gasteiger partial charge in [0.25, 0.3) is 0 Å². The summed E-state index contributed by atoms with van der Waals surface area (Å²) in [5.41, 5.74) is 2.24. The molecule has 1 unspecified atom stereocenters. The third kappa shape index (κ3) is 0.600. The number of nitrogens with zero attached hydrogens (tertiary/aromatic N) is 1. The van der Waals surface area contributed by atoms with E-state index < -0.39 is 13.1 Å². The summed E-state index contributed by atoms with van der Waals surface area (Å²) in [4.78, 5) is 3.96. The van der Waals surface area contributed by atoms with Crippen molar-refractivity contribution in [3.05, 3.63) is 0 Å². The van der Waals surface area contributed by atoms with Crippen molar-refractivity contribution in [3.63, 3.8) is 0 Å². The van der Waals surface area contributed by atoms with Crippen LogP contribution in [0, 0.1) is 0 Å². The van der Waals surface area contributed by atoms with Gasteiger partial charge >= 0.3 is 39.5 Å². The zero-order valence-corrected chi connectivity index (χ0v) is 5.76. The van der Waals surface area contributed by atoms with Crippen LogP contribution in [0.1, 0.15) is 0 Å². The van der Waals surface area contributed by atoms with Crippen molar-refractivity contribution in [1.29, 1.82) is 0 Å². The molecular formula is C4H8AsN. The van der Waals surface area contributed by atoms with Crippen molar-refractivity contribution < 1.29 is 0 Å². The van der Waals surface area contributed by atoms with E-state index in [9.17, 15) is 0 Å². The molecule has 34 valence electrons. The molecular weight excluding hydrogens is 137 g/mol. The molecule has 0 saturated carbocycles. The first-order valence-electron chi connectivity index (χ1n) is 1.91. The average molecular weight is 145 g/mol. The normalized spacial score (nSPS) is 42.2. The van der Waals surface area contributed by atoms with Crippen LogP contribution in [0.2, 0.25) is 5.71 Å². The molecule has 0 aromatic rings. The van der Waals surface area contributed by atoms with Crippen LogP contribution >= 0.6 is 0 Å². The van der Waals surface area contributed by atoms with Crippen molar-refractivity contribution in [2.45, 2.75) is 5.71 Å². The number of aliphatic imine (C=N–C) groups is 1. The molecule has 0 amide bonds. The van der Waals surface area contributed by atoms with Crippen LogP contribution < -0.4 is 0 Å². The van der Waals surface area contributed by atoms with Crippen LogP contribution in [0.3, 0.4) is 0 Å². The summed E-state index contributed by atoms with van der Waals surface area (Å²) in [6.45, 7) is 0. The van der Waals surface area contributed by atoms with Crippen molar-refractivity contribution >= 4 is 23.4 Å². The van der Waals surface area contributed by atoms with Gasteiger partial charge in [-0.2, -0.15) is 0 Å². The van der Waals surface area contributed by atoms with Crippen LogP contribution in [-0.2, 0) is 0 Å². The van der Waals surface area contributed by atoms with Crippen LogP contribution in [-0.4, -0.2) is 28.8 Å². The fourth-order valence-electron chi connectivity index (χ4n) is 0.360. The van der Waals surface area contributed by atoms with Gasteiger partial charge in [0.15, 0.2) is 0 Å². The zero-order valence-electron chi connectivity index (χ0n) is 3.89. The van der Waals surface area contributed by atoms with Gasteiger partial charge in [0.2, 0.25) is 0 Å². The molecule has 0 aromatic heterocycles. The van der Waals surface area contributed by atoms with E-state index in [1.165, 1.54) is 0 Å². The van der Waals surface area contributed by atoms with Gasteiger partial charge in [0.1, 0.15) is 0 Å². The summed E-state index contributed by atoms with van der Waals surface area (Å²) in [7, 11) is 0. The molecule has 1 atom stereocenters. The molecule has 1 aliphatic rings. The molecule has 0 N–H and O–H groups in total. The summed E-state index contributed by atoms with van der Waals surface area (Å²) < 4.78 is 0. The molecule has 1 nitrogen and oxygen atoms in total. The van der Waals surface area contributed by atoms with Crippen molar-refractivity contribution in [2.75, 3.05) is 5.33 Å². The Morgan fingerprint density at radius 2 is 2.33 bits per heavy atom. The summed E-state index contributed by atoms with van der Waals surface area (Å²) in [6.07, 6.45) is 0. The van der Waals surface area contributed by atoms with Gasteiger partial charge in [-0.25, -0.2) is 0 Å². The molecule has 0 fully saturated rings. The van der Waals surface area contributed by atoms with E-state index in [4.69, 9.17) is 0 Å². The minimum absolute atomic E-state index is 1.08. The molecule has 1 aliphatic heterocycles. The second-order valence-corrected chi connectivity index (χ2v) is 9.20. The Bertz CT molecular complexity index is 126. The molecule has 0 bridgehead atoms. The van der Waals surface area contributed by atoms with Crippen LogP contribution in [0.4, 0.5) is 0 Å². The van der Waals surface area contributed by atoms with Gasteiger partial charge in [-0.15, -0.1) is 0 Å². The number of hydrogen-bond donors (Lipinski definition) is 0. The molecule has 6 heavy (non-hydrogen) atoms. The fourth-order valence-corrected chi connectivity index (χ4v) is 1.87. The number of hydrogen-bond acceptors (Lipinski definition) is 1. The predicted molar refractivity (Wildman–Crippen MR) is 32.1 cm³/mol. The SMILES string of the molecule is C=[As]1(C)C=NC1. The van der Waals surface area contributed by atoms with Gasteiger partial charge in [0.05, 0.1) is 0 Å². The Morgan fingerprint density at radius 3 is 2.33 bits per heavy atom. The Kier molecular flexibility index (Phi) is 0.735. The average Bonchev–Trinajstić information content (AvgIpc) is 1.32. The molecule has 0 saturated heterocycles. The maximum absolute atomic E-state index is 4.00. The topological polar surface area (TPSA) is 12.4 Å². The van der Waals surface area contributed by atoms with Crippen molar-refractivity contribution in [2.24, 2.45) is 4.99 Å². The van der Waals surface area contributed by atoms with Gasteiger partial charge in [-0.3, -0.25) is 0 Å². The Balaban J connectivity index is 2.83. The Labute approximate surface area is 40.1 Å². The van der Waals surface area contributed by atoms with E-state index >= 15 is 0 Å². The first-order chi connectivity index (χ1) is 2.71. The standard InChI is InChI=1S/C4H8AsN/c1-5(2)3-6-4-5/h3H,1,4H2,2H3. The summed E-state index contributed by atoms with van der Waals surface area (Å²) in [5.74, 6) is 0.